The molecule has 5 rings (SSSR count). The molecule has 3 aromatic rings. The van der Waals surface area contributed by atoms with Gasteiger partial charge in [-0.1, -0.05) is 11.6 Å². The first-order chi connectivity index (χ1) is 19.5. The molecule has 0 spiro atoms. The standard InChI is InChI=1S/C31H38ClN5O4/c1-19-16-20(9-11-23(19)29(39)36-13-5-6-14-36)28(38)35-26(27-33-24-12-10-22(32)17-25(24)34-27)21-8-7-15-37(18-21)30(40)41-31(2,3)4/h9-12,16-17,21,26H,5-8,13-15,18H2,1-4H3,(H,33,34)(H,35,38). The van der Waals surface area contributed by atoms with Crippen LogP contribution < -0.4 is 5.32 Å². The Morgan fingerprint density at radius 2 is 1.78 bits per heavy atom. The average molecular weight is 580 g/mol. The summed E-state index contributed by atoms with van der Waals surface area (Å²) < 4.78 is 5.63. The molecule has 1 aromatic heterocycles. The molecular formula is C31H38ClN5O4. The van der Waals surface area contributed by atoms with E-state index in [1.807, 2.05) is 38.7 Å². The van der Waals surface area contributed by atoms with Crippen molar-refractivity contribution >= 4 is 40.5 Å². The average Bonchev–Trinajstić information content (AvgIpc) is 3.60. The lowest BCUT2D eigenvalue weighted by Gasteiger charge is -2.37. The van der Waals surface area contributed by atoms with Crippen molar-refractivity contribution in [2.75, 3.05) is 26.2 Å². The minimum absolute atomic E-state index is 0.00945. The first-order valence-electron chi connectivity index (χ1n) is 14.3. The highest BCUT2D eigenvalue weighted by atomic mass is 35.5. The van der Waals surface area contributed by atoms with Crippen molar-refractivity contribution in [1.82, 2.24) is 25.1 Å². The molecule has 0 saturated carbocycles. The minimum Gasteiger partial charge on any atom is -0.444 e. The number of nitrogens with one attached hydrogen (secondary N) is 2. The minimum atomic E-state index is -0.601. The molecular weight excluding hydrogens is 542 g/mol. The SMILES string of the molecule is Cc1cc(C(=O)NC(c2nc3cc(Cl)ccc3[nH]2)C2CCCN(C(=O)OC(C)(C)C)C2)ccc1C(=O)N1CCCC1. The Balaban J connectivity index is 1.41. The predicted molar refractivity (Wildman–Crippen MR) is 158 cm³/mol. The summed E-state index contributed by atoms with van der Waals surface area (Å²) in [6, 6.07) is 10.2. The summed E-state index contributed by atoms with van der Waals surface area (Å²) in [5.41, 5.74) is 2.75. The van der Waals surface area contributed by atoms with E-state index >= 15 is 0 Å². The molecule has 0 radical (unpaired) electrons. The van der Waals surface area contributed by atoms with E-state index < -0.39 is 11.6 Å². The lowest BCUT2D eigenvalue weighted by Crippen LogP contribution is -2.47. The van der Waals surface area contributed by atoms with Gasteiger partial charge in [0.1, 0.15) is 11.4 Å². The molecule has 2 unspecified atom stereocenters. The number of carbonyl (C=O) groups is 3. The second kappa shape index (κ2) is 11.7. The number of likely N-dealkylation sites (tertiary alicyclic amines) is 2. The van der Waals surface area contributed by atoms with Gasteiger partial charge in [-0.05, 0) is 95.3 Å². The summed E-state index contributed by atoms with van der Waals surface area (Å²) in [5.74, 6) is 0.235. The highest BCUT2D eigenvalue weighted by molar-refractivity contribution is 6.31. The number of aryl methyl sites for hydroxylation is 1. The van der Waals surface area contributed by atoms with Crippen molar-refractivity contribution in [1.29, 1.82) is 0 Å². The molecule has 2 saturated heterocycles. The van der Waals surface area contributed by atoms with Gasteiger partial charge in [-0.2, -0.15) is 0 Å². The summed E-state index contributed by atoms with van der Waals surface area (Å²) in [4.78, 5) is 51.2. The summed E-state index contributed by atoms with van der Waals surface area (Å²) >= 11 is 6.21. The van der Waals surface area contributed by atoms with Gasteiger partial charge >= 0.3 is 6.09 Å². The van der Waals surface area contributed by atoms with E-state index in [0.717, 1.165) is 49.9 Å². The summed E-state index contributed by atoms with van der Waals surface area (Å²) in [6.07, 6.45) is 3.25. The zero-order valence-corrected chi connectivity index (χ0v) is 24.9. The number of carbonyl (C=O) groups excluding carboxylic acids is 3. The second-order valence-corrected chi connectivity index (χ2v) is 12.5. The Morgan fingerprint density at radius 1 is 1.05 bits per heavy atom. The van der Waals surface area contributed by atoms with E-state index in [1.54, 1.807) is 35.2 Å². The number of amides is 3. The van der Waals surface area contributed by atoms with E-state index in [9.17, 15) is 14.4 Å². The number of benzene rings is 2. The Hall–Kier alpha value is -3.59. The molecule has 0 bridgehead atoms. The molecule has 3 heterocycles. The maximum atomic E-state index is 13.7. The maximum absolute atomic E-state index is 13.7. The molecule has 9 nitrogen and oxygen atoms in total. The Bertz CT molecular complexity index is 1460. The van der Waals surface area contributed by atoms with E-state index in [4.69, 9.17) is 21.3 Å². The van der Waals surface area contributed by atoms with Crippen molar-refractivity contribution in [2.24, 2.45) is 5.92 Å². The van der Waals surface area contributed by atoms with Crippen molar-refractivity contribution in [2.45, 2.75) is 65.0 Å². The van der Waals surface area contributed by atoms with Gasteiger partial charge < -0.3 is 24.8 Å². The normalized spacial score (nSPS) is 18.4. The topological polar surface area (TPSA) is 108 Å². The molecule has 2 aromatic carbocycles. The van der Waals surface area contributed by atoms with Crippen LogP contribution in [0.25, 0.3) is 11.0 Å². The lowest BCUT2D eigenvalue weighted by atomic mass is 9.90. The quantitative estimate of drug-likeness (QED) is 0.392. The molecule has 10 heteroatoms. The van der Waals surface area contributed by atoms with Crippen LogP contribution in [0.1, 0.15) is 84.6 Å². The molecule has 41 heavy (non-hydrogen) atoms. The Kier molecular flexibility index (Phi) is 8.27. The molecule has 2 atom stereocenters. The number of nitrogens with zero attached hydrogens (tertiary/aromatic N) is 3. The number of ether oxygens (including phenoxy) is 1. The fourth-order valence-corrected chi connectivity index (χ4v) is 5.86. The van der Waals surface area contributed by atoms with Crippen molar-refractivity contribution in [3.8, 4) is 0 Å². The van der Waals surface area contributed by atoms with Crippen LogP contribution in [-0.2, 0) is 4.74 Å². The Labute approximate surface area is 245 Å². The first kappa shape index (κ1) is 28.9. The number of hydrogen-bond donors (Lipinski definition) is 2. The molecule has 3 amide bonds. The molecule has 2 aliphatic rings. The van der Waals surface area contributed by atoms with Gasteiger partial charge in [0.15, 0.2) is 0 Å². The Morgan fingerprint density at radius 3 is 2.49 bits per heavy atom. The highest BCUT2D eigenvalue weighted by Gasteiger charge is 2.35. The van der Waals surface area contributed by atoms with Crippen LogP contribution in [0.3, 0.4) is 0 Å². The lowest BCUT2D eigenvalue weighted by molar-refractivity contribution is 0.0142. The van der Waals surface area contributed by atoms with Crippen molar-refractivity contribution < 1.29 is 19.1 Å². The van der Waals surface area contributed by atoms with E-state index in [-0.39, 0.29) is 23.8 Å². The first-order valence-corrected chi connectivity index (χ1v) is 14.7. The van der Waals surface area contributed by atoms with Gasteiger partial charge in [0.05, 0.1) is 17.1 Å². The summed E-state index contributed by atoms with van der Waals surface area (Å²) in [7, 11) is 0. The fraction of sp³-hybridized carbons (Fsp3) is 0.484. The third kappa shape index (κ3) is 6.67. The number of aromatic nitrogens is 2. The number of rotatable bonds is 5. The van der Waals surface area contributed by atoms with Crippen molar-refractivity contribution in [3.63, 3.8) is 0 Å². The van der Waals surface area contributed by atoms with Gasteiger partial charge in [0, 0.05) is 48.2 Å². The zero-order chi connectivity index (χ0) is 29.3. The molecule has 2 aliphatic heterocycles. The van der Waals surface area contributed by atoms with Crippen LogP contribution in [0, 0.1) is 12.8 Å². The summed E-state index contributed by atoms with van der Waals surface area (Å²) in [5, 5.41) is 3.77. The molecule has 0 aliphatic carbocycles. The number of aromatic amines is 1. The number of fused-ring (bicyclic) bond motifs is 1. The number of imidazole rings is 1. The van der Waals surface area contributed by atoms with Gasteiger partial charge in [0.2, 0.25) is 0 Å². The largest absolute Gasteiger partial charge is 0.444 e. The van der Waals surface area contributed by atoms with Gasteiger partial charge in [-0.3, -0.25) is 9.59 Å². The third-order valence-corrected chi connectivity index (χ3v) is 7.97. The number of H-pyrrole nitrogens is 1. The molecule has 2 fully saturated rings. The van der Waals surface area contributed by atoms with E-state index in [0.29, 0.717) is 40.6 Å². The maximum Gasteiger partial charge on any atom is 0.410 e. The highest BCUT2D eigenvalue weighted by Crippen LogP contribution is 2.32. The van der Waals surface area contributed by atoms with E-state index in [1.165, 1.54) is 0 Å². The zero-order valence-electron chi connectivity index (χ0n) is 24.1. The third-order valence-electron chi connectivity index (χ3n) is 7.74. The van der Waals surface area contributed by atoms with Crippen LogP contribution in [0.4, 0.5) is 4.79 Å². The smallest absolute Gasteiger partial charge is 0.410 e. The van der Waals surface area contributed by atoms with Crippen LogP contribution >= 0.6 is 11.6 Å². The van der Waals surface area contributed by atoms with Gasteiger partial charge in [0.25, 0.3) is 11.8 Å². The van der Waals surface area contributed by atoms with Crippen LogP contribution in [0.2, 0.25) is 5.02 Å². The van der Waals surface area contributed by atoms with E-state index in [2.05, 4.69) is 10.3 Å². The number of halogens is 1. The number of piperidine rings is 1. The van der Waals surface area contributed by atoms with Gasteiger partial charge in [-0.15, -0.1) is 0 Å². The van der Waals surface area contributed by atoms with Gasteiger partial charge in [-0.25, -0.2) is 9.78 Å². The number of hydrogen-bond acceptors (Lipinski definition) is 5. The van der Waals surface area contributed by atoms with Crippen LogP contribution in [0.15, 0.2) is 36.4 Å². The predicted octanol–water partition coefficient (Wildman–Crippen LogP) is 5.88. The van der Waals surface area contributed by atoms with Crippen LogP contribution in [-0.4, -0.2) is 69.5 Å². The van der Waals surface area contributed by atoms with Crippen molar-refractivity contribution in [3.05, 3.63) is 63.9 Å². The monoisotopic (exact) mass is 579 g/mol. The molecule has 218 valence electrons. The summed E-state index contributed by atoms with van der Waals surface area (Å²) in [6.45, 7) is 9.95. The second-order valence-electron chi connectivity index (χ2n) is 12.1. The fourth-order valence-electron chi connectivity index (χ4n) is 5.69. The molecule has 2 N–H and O–H groups in total. The van der Waals surface area contributed by atoms with Crippen LogP contribution in [0.5, 0.6) is 0 Å².